The predicted molar refractivity (Wildman–Crippen MR) is 81.9 cm³/mol. The second kappa shape index (κ2) is 7.00. The summed E-state index contributed by atoms with van der Waals surface area (Å²) in [7, 11) is 1.47. The van der Waals surface area contributed by atoms with E-state index in [0.717, 1.165) is 0 Å². The van der Waals surface area contributed by atoms with Crippen molar-refractivity contribution in [3.05, 3.63) is 46.2 Å². The van der Waals surface area contributed by atoms with Gasteiger partial charge in [-0.25, -0.2) is 0 Å². The van der Waals surface area contributed by atoms with Crippen LogP contribution in [0.4, 0.5) is 0 Å². The molecule has 0 aliphatic rings. The summed E-state index contributed by atoms with van der Waals surface area (Å²) in [5, 5.41) is 1.77. The van der Waals surface area contributed by atoms with Crippen LogP contribution in [0.5, 0.6) is 11.5 Å². The molecule has 2 rings (SSSR count). The first-order valence-corrected chi connectivity index (χ1v) is 7.35. The Kier molecular flexibility index (Phi) is 5.06. The molecule has 0 fully saturated rings. The maximum atomic E-state index is 12.3. The number of rotatable bonds is 6. The number of esters is 1. The summed E-state index contributed by atoms with van der Waals surface area (Å²) < 4.78 is 10.1. The lowest BCUT2D eigenvalue weighted by molar-refractivity contribution is -0.131. The number of carbonyl (C=O) groups is 3. The van der Waals surface area contributed by atoms with E-state index in [-0.39, 0.29) is 23.5 Å². The van der Waals surface area contributed by atoms with Gasteiger partial charge in [-0.05, 0) is 23.6 Å². The molecular formula is C16H14O5S. The summed E-state index contributed by atoms with van der Waals surface area (Å²) in [4.78, 5) is 36.0. The summed E-state index contributed by atoms with van der Waals surface area (Å²) >= 11 is 1.28. The van der Waals surface area contributed by atoms with Crippen molar-refractivity contribution < 1.29 is 23.9 Å². The summed E-state index contributed by atoms with van der Waals surface area (Å²) in [6, 6.07) is 7.93. The van der Waals surface area contributed by atoms with Crippen molar-refractivity contribution in [1.82, 2.24) is 0 Å². The Balaban J connectivity index is 2.24. The van der Waals surface area contributed by atoms with Gasteiger partial charge in [-0.1, -0.05) is 6.07 Å². The maximum Gasteiger partial charge on any atom is 0.308 e. The normalized spacial score (nSPS) is 10.1. The molecule has 0 atom stereocenters. The zero-order valence-electron chi connectivity index (χ0n) is 12.1. The fourth-order valence-electron chi connectivity index (χ4n) is 1.86. The number of thiophene rings is 1. The summed E-state index contributed by atoms with van der Waals surface area (Å²) in [5.74, 6) is -0.665. The maximum absolute atomic E-state index is 12.3. The van der Waals surface area contributed by atoms with E-state index in [4.69, 9.17) is 9.47 Å². The van der Waals surface area contributed by atoms with Crippen molar-refractivity contribution in [2.75, 3.05) is 7.11 Å². The van der Waals surface area contributed by atoms with Crippen molar-refractivity contribution in [3.63, 3.8) is 0 Å². The lowest BCUT2D eigenvalue weighted by Crippen LogP contribution is -2.11. The topological polar surface area (TPSA) is 69.7 Å². The van der Waals surface area contributed by atoms with E-state index in [9.17, 15) is 14.4 Å². The molecule has 1 heterocycles. The first-order valence-electron chi connectivity index (χ1n) is 6.47. The third-order valence-electron chi connectivity index (χ3n) is 2.86. The van der Waals surface area contributed by atoms with Gasteiger partial charge >= 0.3 is 5.97 Å². The van der Waals surface area contributed by atoms with Gasteiger partial charge < -0.3 is 9.47 Å². The second-order valence-corrected chi connectivity index (χ2v) is 5.40. The molecule has 22 heavy (non-hydrogen) atoms. The van der Waals surface area contributed by atoms with Gasteiger partial charge in [0.15, 0.2) is 11.6 Å². The van der Waals surface area contributed by atoms with E-state index in [2.05, 4.69) is 0 Å². The molecule has 0 saturated carbocycles. The quantitative estimate of drug-likeness (QED) is 0.354. The highest BCUT2D eigenvalue weighted by molar-refractivity contribution is 7.12. The molecule has 0 unspecified atom stereocenters. The molecule has 0 aliphatic carbocycles. The van der Waals surface area contributed by atoms with Crippen LogP contribution in [0.3, 0.4) is 0 Å². The zero-order chi connectivity index (χ0) is 16.1. The van der Waals surface area contributed by atoms with Crippen LogP contribution in [-0.2, 0) is 4.79 Å². The standard InChI is InChI=1S/C16H14O5S/c1-10(17)21-15-8-11(20-2)5-6-12(15)13(18)9-14(19)16-4-3-7-22-16/h3-8H,9H2,1-2H3. The van der Waals surface area contributed by atoms with Gasteiger partial charge in [0.05, 0.1) is 24.0 Å². The molecule has 0 saturated heterocycles. The minimum Gasteiger partial charge on any atom is -0.497 e. The Bertz CT molecular complexity index is 703. The van der Waals surface area contributed by atoms with Gasteiger partial charge in [-0.15, -0.1) is 11.3 Å². The van der Waals surface area contributed by atoms with E-state index in [0.29, 0.717) is 10.6 Å². The average Bonchev–Trinajstić information content (AvgIpc) is 3.00. The van der Waals surface area contributed by atoms with Crippen LogP contribution in [-0.4, -0.2) is 24.6 Å². The van der Waals surface area contributed by atoms with Gasteiger partial charge in [0.1, 0.15) is 11.5 Å². The molecular weight excluding hydrogens is 304 g/mol. The van der Waals surface area contributed by atoms with E-state index in [1.54, 1.807) is 23.6 Å². The molecule has 0 radical (unpaired) electrons. The largest absolute Gasteiger partial charge is 0.497 e. The van der Waals surface area contributed by atoms with Crippen LogP contribution in [0.15, 0.2) is 35.7 Å². The SMILES string of the molecule is COc1ccc(C(=O)CC(=O)c2cccs2)c(OC(C)=O)c1. The number of methoxy groups -OCH3 is 1. The molecule has 2 aromatic rings. The predicted octanol–water partition coefficient (Wildman–Crippen LogP) is 3.14. The van der Waals surface area contributed by atoms with E-state index >= 15 is 0 Å². The van der Waals surface area contributed by atoms with Crippen LogP contribution >= 0.6 is 11.3 Å². The minimum absolute atomic E-state index is 0.0934. The lowest BCUT2D eigenvalue weighted by atomic mass is 10.0. The minimum atomic E-state index is -0.549. The first-order chi connectivity index (χ1) is 10.5. The van der Waals surface area contributed by atoms with Gasteiger partial charge in [0, 0.05) is 13.0 Å². The van der Waals surface area contributed by atoms with Gasteiger partial charge in [0.2, 0.25) is 0 Å². The van der Waals surface area contributed by atoms with Gasteiger partial charge in [0.25, 0.3) is 0 Å². The number of benzene rings is 1. The van der Waals surface area contributed by atoms with Crippen molar-refractivity contribution in [1.29, 1.82) is 0 Å². The Hall–Kier alpha value is -2.47. The highest BCUT2D eigenvalue weighted by Gasteiger charge is 2.19. The summed E-state index contributed by atoms with van der Waals surface area (Å²) in [6.45, 7) is 1.24. The van der Waals surface area contributed by atoms with Crippen molar-refractivity contribution in [2.45, 2.75) is 13.3 Å². The number of carbonyl (C=O) groups excluding carboxylic acids is 3. The van der Waals surface area contributed by atoms with Crippen LogP contribution in [0.1, 0.15) is 33.4 Å². The van der Waals surface area contributed by atoms with Crippen molar-refractivity contribution >= 4 is 28.9 Å². The summed E-state index contributed by atoms with van der Waals surface area (Å²) in [5.41, 5.74) is 0.181. The van der Waals surface area contributed by atoms with Crippen molar-refractivity contribution in [3.8, 4) is 11.5 Å². The molecule has 1 aromatic heterocycles. The van der Waals surface area contributed by atoms with E-state index < -0.39 is 11.8 Å². The van der Waals surface area contributed by atoms with E-state index in [1.165, 1.54) is 37.5 Å². The number of ketones is 2. The first kappa shape index (κ1) is 15.9. The zero-order valence-corrected chi connectivity index (χ0v) is 12.9. The third kappa shape index (κ3) is 3.79. The molecule has 0 spiro atoms. The molecule has 0 amide bonds. The molecule has 114 valence electrons. The number of Topliss-reactive ketones (excluding diaryl/α,β-unsaturated/α-hetero) is 2. The van der Waals surface area contributed by atoms with Crippen molar-refractivity contribution in [2.24, 2.45) is 0 Å². The Labute approximate surface area is 131 Å². The Morgan fingerprint density at radius 2 is 1.91 bits per heavy atom. The fourth-order valence-corrected chi connectivity index (χ4v) is 2.53. The monoisotopic (exact) mass is 318 g/mol. The molecule has 0 bridgehead atoms. The highest BCUT2D eigenvalue weighted by atomic mass is 32.1. The Morgan fingerprint density at radius 3 is 2.50 bits per heavy atom. The molecule has 1 aromatic carbocycles. The van der Waals surface area contributed by atoms with E-state index in [1.807, 2.05) is 0 Å². The van der Waals surface area contributed by atoms with Crippen LogP contribution in [0.2, 0.25) is 0 Å². The fraction of sp³-hybridized carbons (Fsp3) is 0.188. The third-order valence-corrected chi connectivity index (χ3v) is 3.77. The highest BCUT2D eigenvalue weighted by Crippen LogP contribution is 2.27. The Morgan fingerprint density at radius 1 is 1.14 bits per heavy atom. The van der Waals surface area contributed by atoms with Crippen LogP contribution in [0.25, 0.3) is 0 Å². The van der Waals surface area contributed by atoms with Gasteiger partial charge in [-0.3, -0.25) is 14.4 Å². The second-order valence-electron chi connectivity index (χ2n) is 4.46. The van der Waals surface area contributed by atoms with Gasteiger partial charge in [-0.2, -0.15) is 0 Å². The number of hydrogen-bond acceptors (Lipinski definition) is 6. The molecule has 5 nitrogen and oxygen atoms in total. The smallest absolute Gasteiger partial charge is 0.308 e. The molecule has 0 N–H and O–H groups in total. The molecule has 6 heteroatoms. The summed E-state index contributed by atoms with van der Waals surface area (Å²) in [6.07, 6.45) is -0.277. The lowest BCUT2D eigenvalue weighted by Gasteiger charge is -2.09. The number of ether oxygens (including phenoxy) is 2. The number of hydrogen-bond donors (Lipinski definition) is 0. The van der Waals surface area contributed by atoms with Crippen LogP contribution in [0, 0.1) is 0 Å². The average molecular weight is 318 g/mol. The molecule has 0 aliphatic heterocycles. The van der Waals surface area contributed by atoms with Crippen LogP contribution < -0.4 is 9.47 Å².